The van der Waals surface area contributed by atoms with E-state index in [0.29, 0.717) is 12.8 Å². The lowest BCUT2D eigenvalue weighted by atomic mass is 9.74. The highest BCUT2D eigenvalue weighted by Crippen LogP contribution is 2.52. The standard InChI is InChI=1S/C23H23F6NO.ClH/c24-22(25,26)18-12-17(13-19(14-18)23(27,28)29)21(6-7-21)31-15-20(8-10-30-11-9-20)16-4-2-1-3-5-16;/h1-5,12-14,30H,6-11,15H2;1H. The van der Waals surface area contributed by atoms with Crippen LogP contribution in [-0.2, 0) is 28.1 Å². The maximum atomic E-state index is 13.3. The second-order valence-electron chi connectivity index (χ2n) is 8.47. The van der Waals surface area contributed by atoms with Gasteiger partial charge in [-0.15, -0.1) is 12.4 Å². The molecule has 2 aliphatic rings. The Bertz CT molecular complexity index is 886. The van der Waals surface area contributed by atoms with Crippen molar-refractivity contribution in [3.63, 3.8) is 0 Å². The predicted molar refractivity (Wildman–Crippen MR) is 111 cm³/mol. The number of rotatable bonds is 5. The van der Waals surface area contributed by atoms with E-state index in [1.807, 2.05) is 30.3 Å². The largest absolute Gasteiger partial charge is 0.416 e. The molecule has 0 aromatic heterocycles. The van der Waals surface area contributed by atoms with Crippen molar-refractivity contribution in [1.82, 2.24) is 5.32 Å². The number of hydrogen-bond acceptors (Lipinski definition) is 2. The molecule has 0 radical (unpaired) electrons. The number of nitrogens with one attached hydrogen (secondary N) is 1. The van der Waals surface area contributed by atoms with Crippen molar-refractivity contribution < 1.29 is 31.1 Å². The minimum Gasteiger partial charge on any atom is -0.369 e. The SMILES string of the molecule is Cl.FC(F)(F)c1cc(C(F)(F)F)cc(C2(OCC3(c4ccccc4)CCNCC3)CC2)c1. The molecule has 0 unspecified atom stereocenters. The van der Waals surface area contributed by atoms with Gasteiger partial charge in [0.25, 0.3) is 0 Å². The molecule has 2 aromatic carbocycles. The van der Waals surface area contributed by atoms with Gasteiger partial charge in [0.15, 0.2) is 0 Å². The smallest absolute Gasteiger partial charge is 0.369 e. The highest BCUT2D eigenvalue weighted by atomic mass is 35.5. The first-order chi connectivity index (χ1) is 14.5. The van der Waals surface area contributed by atoms with E-state index >= 15 is 0 Å². The molecule has 1 N–H and O–H groups in total. The van der Waals surface area contributed by atoms with Gasteiger partial charge in [0.2, 0.25) is 0 Å². The minimum absolute atomic E-state index is 0. The third-order valence-corrected chi connectivity index (χ3v) is 6.39. The number of hydrogen-bond donors (Lipinski definition) is 1. The van der Waals surface area contributed by atoms with E-state index in [-0.39, 0.29) is 36.1 Å². The monoisotopic (exact) mass is 479 g/mol. The Kier molecular flexibility index (Phi) is 6.90. The summed E-state index contributed by atoms with van der Waals surface area (Å²) in [6.45, 7) is 1.79. The summed E-state index contributed by atoms with van der Waals surface area (Å²) < 4.78 is 85.9. The number of alkyl halides is 6. The lowest BCUT2D eigenvalue weighted by Crippen LogP contribution is -2.44. The molecule has 4 rings (SSSR count). The lowest BCUT2D eigenvalue weighted by molar-refractivity contribution is -0.143. The van der Waals surface area contributed by atoms with Crippen molar-refractivity contribution in [3.05, 3.63) is 70.8 Å². The summed E-state index contributed by atoms with van der Waals surface area (Å²) in [5.74, 6) is 0. The predicted octanol–water partition coefficient (Wildman–Crippen LogP) is 6.47. The molecule has 1 aliphatic carbocycles. The van der Waals surface area contributed by atoms with E-state index in [1.54, 1.807) is 0 Å². The van der Waals surface area contributed by atoms with Gasteiger partial charge in [-0.1, -0.05) is 30.3 Å². The molecule has 1 saturated carbocycles. The average Bonchev–Trinajstić information content (AvgIpc) is 3.53. The first kappa shape index (κ1) is 24.9. The Morgan fingerprint density at radius 2 is 1.28 bits per heavy atom. The number of piperidine rings is 1. The Morgan fingerprint density at radius 3 is 1.75 bits per heavy atom. The van der Waals surface area contributed by atoms with Crippen LogP contribution in [-0.4, -0.2) is 19.7 Å². The number of ether oxygens (including phenoxy) is 1. The van der Waals surface area contributed by atoms with Crippen molar-refractivity contribution in [2.24, 2.45) is 0 Å². The molecule has 0 bridgehead atoms. The molecule has 0 spiro atoms. The van der Waals surface area contributed by atoms with Gasteiger partial charge in [0, 0.05) is 5.41 Å². The lowest BCUT2D eigenvalue weighted by Gasteiger charge is -2.39. The molecule has 9 heteroatoms. The van der Waals surface area contributed by atoms with Gasteiger partial charge in [0.05, 0.1) is 23.3 Å². The summed E-state index contributed by atoms with van der Waals surface area (Å²) in [6.07, 6.45) is -7.38. The maximum absolute atomic E-state index is 13.3. The summed E-state index contributed by atoms with van der Waals surface area (Å²) in [5, 5.41) is 3.30. The Hall–Kier alpha value is -1.77. The Balaban J connectivity index is 0.00000289. The zero-order valence-corrected chi connectivity index (χ0v) is 18.0. The molecule has 0 amide bonds. The fourth-order valence-electron chi connectivity index (χ4n) is 4.34. The van der Waals surface area contributed by atoms with E-state index in [4.69, 9.17) is 4.74 Å². The zero-order chi connectivity index (χ0) is 22.3. The van der Waals surface area contributed by atoms with Gasteiger partial charge in [-0.2, -0.15) is 26.3 Å². The maximum Gasteiger partial charge on any atom is 0.416 e. The van der Waals surface area contributed by atoms with Gasteiger partial charge in [-0.25, -0.2) is 0 Å². The van der Waals surface area contributed by atoms with Crippen LogP contribution in [0.4, 0.5) is 26.3 Å². The van der Waals surface area contributed by atoms with Crippen LogP contribution < -0.4 is 5.32 Å². The van der Waals surface area contributed by atoms with Gasteiger partial charge in [0.1, 0.15) is 0 Å². The van der Waals surface area contributed by atoms with Crippen LogP contribution in [0.25, 0.3) is 0 Å². The molecule has 32 heavy (non-hydrogen) atoms. The van der Waals surface area contributed by atoms with Crippen LogP contribution in [0.2, 0.25) is 0 Å². The van der Waals surface area contributed by atoms with Crippen molar-refractivity contribution >= 4 is 12.4 Å². The van der Waals surface area contributed by atoms with Crippen LogP contribution in [0, 0.1) is 0 Å². The molecule has 1 aliphatic heterocycles. The normalized spacial score (nSPS) is 19.8. The highest BCUT2D eigenvalue weighted by Gasteiger charge is 2.50. The molecular formula is C23H24ClF6NO. The summed E-state index contributed by atoms with van der Waals surface area (Å²) in [4.78, 5) is 0. The fraction of sp³-hybridized carbons (Fsp3) is 0.478. The molecular weight excluding hydrogens is 456 g/mol. The van der Waals surface area contributed by atoms with Crippen LogP contribution in [0.1, 0.15) is 47.9 Å². The van der Waals surface area contributed by atoms with Crippen molar-refractivity contribution in [3.8, 4) is 0 Å². The average molecular weight is 480 g/mol. The van der Waals surface area contributed by atoms with E-state index in [2.05, 4.69) is 5.32 Å². The summed E-state index contributed by atoms with van der Waals surface area (Å²) >= 11 is 0. The summed E-state index contributed by atoms with van der Waals surface area (Å²) in [7, 11) is 0. The van der Waals surface area contributed by atoms with E-state index in [0.717, 1.165) is 43.6 Å². The van der Waals surface area contributed by atoms with E-state index in [1.165, 1.54) is 0 Å². The van der Waals surface area contributed by atoms with Crippen molar-refractivity contribution in [2.45, 2.75) is 49.1 Å². The third-order valence-electron chi connectivity index (χ3n) is 6.39. The molecule has 1 saturated heterocycles. The molecule has 0 atom stereocenters. The third kappa shape index (κ3) is 5.07. The molecule has 2 aromatic rings. The summed E-state index contributed by atoms with van der Waals surface area (Å²) in [6, 6.07) is 11.5. The Morgan fingerprint density at radius 1 is 0.750 bits per heavy atom. The van der Waals surface area contributed by atoms with Crippen molar-refractivity contribution in [1.29, 1.82) is 0 Å². The van der Waals surface area contributed by atoms with Crippen LogP contribution in [0.5, 0.6) is 0 Å². The van der Waals surface area contributed by atoms with Gasteiger partial charge >= 0.3 is 12.4 Å². The summed E-state index contributed by atoms with van der Waals surface area (Å²) in [5.41, 5.74) is -3.00. The van der Waals surface area contributed by atoms with Crippen LogP contribution >= 0.6 is 12.4 Å². The molecule has 2 fully saturated rings. The zero-order valence-electron chi connectivity index (χ0n) is 17.2. The number of benzene rings is 2. The molecule has 1 heterocycles. The second kappa shape index (κ2) is 8.88. The minimum atomic E-state index is -4.87. The van der Waals surface area contributed by atoms with Crippen LogP contribution in [0.15, 0.2) is 48.5 Å². The quantitative estimate of drug-likeness (QED) is 0.496. The van der Waals surface area contributed by atoms with Crippen molar-refractivity contribution in [2.75, 3.05) is 19.7 Å². The number of halogens is 7. The van der Waals surface area contributed by atoms with Gasteiger partial charge in [-0.05, 0) is 68.1 Å². The van der Waals surface area contributed by atoms with Crippen LogP contribution in [0.3, 0.4) is 0 Å². The molecule has 2 nitrogen and oxygen atoms in total. The topological polar surface area (TPSA) is 21.3 Å². The van der Waals surface area contributed by atoms with E-state index < -0.39 is 29.1 Å². The highest BCUT2D eigenvalue weighted by molar-refractivity contribution is 5.85. The second-order valence-corrected chi connectivity index (χ2v) is 8.47. The Labute approximate surface area is 188 Å². The van der Waals surface area contributed by atoms with Gasteiger partial charge in [-0.3, -0.25) is 0 Å². The first-order valence-corrected chi connectivity index (χ1v) is 10.2. The molecule has 176 valence electrons. The van der Waals surface area contributed by atoms with Gasteiger partial charge < -0.3 is 10.1 Å². The van der Waals surface area contributed by atoms with E-state index in [9.17, 15) is 26.3 Å². The fourth-order valence-corrected chi connectivity index (χ4v) is 4.34. The first-order valence-electron chi connectivity index (χ1n) is 10.2.